The van der Waals surface area contributed by atoms with Gasteiger partial charge in [0.05, 0.1) is 6.54 Å². The largest absolute Gasteiger partial charge is 0.355 e. The molecule has 3 N–H and O–H groups in total. The third kappa shape index (κ3) is 4.74. The monoisotopic (exact) mass is 303 g/mol. The van der Waals surface area contributed by atoms with E-state index in [2.05, 4.69) is 34.3 Å². The summed E-state index contributed by atoms with van der Waals surface area (Å²) in [5.41, 5.74) is 6.44. The maximum atomic E-state index is 10.9. The molecule has 1 aromatic carbocycles. The van der Waals surface area contributed by atoms with Gasteiger partial charge in [-0.1, -0.05) is 18.2 Å². The predicted octanol–water partition coefficient (Wildman–Crippen LogP) is 1.95. The molecule has 0 saturated carbocycles. The van der Waals surface area contributed by atoms with Crippen LogP contribution in [0.25, 0.3) is 10.9 Å². The van der Waals surface area contributed by atoms with E-state index >= 15 is 0 Å². The van der Waals surface area contributed by atoms with Crippen LogP contribution in [0, 0.1) is 0 Å². The van der Waals surface area contributed by atoms with Crippen molar-refractivity contribution in [1.29, 1.82) is 0 Å². The highest BCUT2D eigenvalue weighted by Gasteiger charge is 2.00. The number of fused-ring (bicyclic) bond motifs is 1. The fourth-order valence-corrected chi connectivity index (χ4v) is 1.88. The number of aryl methyl sites for hydroxylation is 1. The molecule has 1 heterocycles. The zero-order valence-electron chi connectivity index (χ0n) is 10.5. The highest BCUT2D eigenvalue weighted by atomic mass is 35.5. The lowest BCUT2D eigenvalue weighted by molar-refractivity contribution is -0.119. The molecule has 0 atom stereocenters. The molecule has 0 spiro atoms. The van der Waals surface area contributed by atoms with Crippen molar-refractivity contribution >= 4 is 41.6 Å². The number of carbonyl (C=O) groups is 1. The number of nitrogens with two attached hydrogens (primary N) is 1. The van der Waals surface area contributed by atoms with Crippen LogP contribution in [0.3, 0.4) is 0 Å². The molecule has 2 aromatic rings. The fourth-order valence-electron chi connectivity index (χ4n) is 1.88. The Bertz CT molecular complexity index is 513. The summed E-state index contributed by atoms with van der Waals surface area (Å²) in [7, 11) is 0. The molecule has 19 heavy (non-hydrogen) atoms. The summed E-state index contributed by atoms with van der Waals surface area (Å²) in [6.07, 6.45) is 2.99. The lowest BCUT2D eigenvalue weighted by Crippen LogP contribution is -2.31. The Kier molecular flexibility index (Phi) is 8.23. The lowest BCUT2D eigenvalue weighted by Gasteiger charge is -2.06. The first-order valence-corrected chi connectivity index (χ1v) is 5.82. The summed E-state index contributed by atoms with van der Waals surface area (Å²) in [5.74, 6) is -0.0950. The molecular formula is C13H19Cl2N3O. The third-order valence-corrected chi connectivity index (χ3v) is 2.76. The average Bonchev–Trinajstić information content (AvgIpc) is 2.78. The average molecular weight is 304 g/mol. The van der Waals surface area contributed by atoms with Gasteiger partial charge in [-0.2, -0.15) is 0 Å². The Hall–Kier alpha value is -1.23. The number of amides is 1. The van der Waals surface area contributed by atoms with Crippen LogP contribution < -0.4 is 11.1 Å². The summed E-state index contributed by atoms with van der Waals surface area (Å²) >= 11 is 0. The van der Waals surface area contributed by atoms with Crippen LogP contribution >= 0.6 is 24.8 Å². The molecule has 0 fully saturated rings. The summed E-state index contributed by atoms with van der Waals surface area (Å²) in [6, 6.07) is 10.4. The Balaban J connectivity index is 0.00000162. The Morgan fingerprint density at radius 1 is 1.21 bits per heavy atom. The number of carbonyl (C=O) groups excluding carboxylic acids is 1. The van der Waals surface area contributed by atoms with Crippen LogP contribution in [0.5, 0.6) is 0 Å². The molecule has 0 aliphatic rings. The van der Waals surface area contributed by atoms with Gasteiger partial charge in [0.2, 0.25) is 5.91 Å². The number of hydrogen-bond acceptors (Lipinski definition) is 2. The van der Waals surface area contributed by atoms with Crippen molar-refractivity contribution < 1.29 is 4.79 Å². The number of benzene rings is 1. The molecule has 6 heteroatoms. The van der Waals surface area contributed by atoms with Gasteiger partial charge in [-0.05, 0) is 23.9 Å². The molecule has 4 nitrogen and oxygen atoms in total. The molecule has 0 aliphatic carbocycles. The van der Waals surface area contributed by atoms with Crippen LogP contribution in [0.1, 0.15) is 6.42 Å². The molecule has 106 valence electrons. The Morgan fingerprint density at radius 2 is 1.95 bits per heavy atom. The van der Waals surface area contributed by atoms with Gasteiger partial charge >= 0.3 is 0 Å². The van der Waals surface area contributed by atoms with Crippen LogP contribution in [0.15, 0.2) is 36.5 Å². The van der Waals surface area contributed by atoms with Gasteiger partial charge in [-0.3, -0.25) is 4.79 Å². The van der Waals surface area contributed by atoms with Crippen molar-refractivity contribution in [2.24, 2.45) is 5.73 Å². The quantitative estimate of drug-likeness (QED) is 0.830. The first kappa shape index (κ1) is 17.8. The first-order chi connectivity index (χ1) is 8.31. The van der Waals surface area contributed by atoms with Crippen LogP contribution in [-0.4, -0.2) is 23.6 Å². The second-order valence-corrected chi connectivity index (χ2v) is 3.98. The van der Waals surface area contributed by atoms with E-state index in [0.717, 1.165) is 13.0 Å². The molecule has 0 radical (unpaired) electrons. The van der Waals surface area contributed by atoms with Gasteiger partial charge in [0.25, 0.3) is 0 Å². The number of halogens is 2. The summed E-state index contributed by atoms with van der Waals surface area (Å²) in [5, 5.41) is 4.01. The van der Waals surface area contributed by atoms with Crippen LogP contribution in [0.2, 0.25) is 0 Å². The predicted molar refractivity (Wildman–Crippen MR) is 83.1 cm³/mol. The van der Waals surface area contributed by atoms with Crippen molar-refractivity contribution in [2.45, 2.75) is 13.0 Å². The van der Waals surface area contributed by atoms with Gasteiger partial charge in [0, 0.05) is 24.8 Å². The molecular weight excluding hydrogens is 285 g/mol. The van der Waals surface area contributed by atoms with E-state index in [-0.39, 0.29) is 37.3 Å². The van der Waals surface area contributed by atoms with Crippen molar-refractivity contribution in [3.63, 3.8) is 0 Å². The summed E-state index contributed by atoms with van der Waals surface area (Å²) < 4.78 is 2.20. The number of rotatable bonds is 5. The minimum absolute atomic E-state index is 0. The molecule has 0 saturated heterocycles. The lowest BCUT2D eigenvalue weighted by atomic mass is 10.2. The maximum Gasteiger partial charge on any atom is 0.233 e. The summed E-state index contributed by atoms with van der Waals surface area (Å²) in [6.45, 7) is 1.63. The van der Waals surface area contributed by atoms with E-state index in [9.17, 15) is 4.79 Å². The minimum atomic E-state index is -0.0950. The van der Waals surface area contributed by atoms with Gasteiger partial charge in [-0.25, -0.2) is 0 Å². The van der Waals surface area contributed by atoms with E-state index in [1.54, 1.807) is 0 Å². The Labute approximate surface area is 125 Å². The SMILES string of the molecule is Cl.Cl.NCC(=O)NCCCn1ccc2ccccc21. The van der Waals surface area contributed by atoms with E-state index in [1.807, 2.05) is 12.1 Å². The van der Waals surface area contributed by atoms with Crippen molar-refractivity contribution in [3.05, 3.63) is 36.5 Å². The van der Waals surface area contributed by atoms with E-state index < -0.39 is 0 Å². The molecule has 0 bridgehead atoms. The van der Waals surface area contributed by atoms with Gasteiger partial charge in [-0.15, -0.1) is 24.8 Å². The molecule has 0 aliphatic heterocycles. The molecule has 1 amide bonds. The number of hydrogen-bond donors (Lipinski definition) is 2. The van der Waals surface area contributed by atoms with Crippen LogP contribution in [0.4, 0.5) is 0 Å². The molecule has 0 unspecified atom stereocenters. The molecule has 2 rings (SSSR count). The number of para-hydroxylation sites is 1. The second-order valence-electron chi connectivity index (χ2n) is 3.98. The smallest absolute Gasteiger partial charge is 0.233 e. The zero-order chi connectivity index (χ0) is 12.1. The van der Waals surface area contributed by atoms with E-state index in [1.165, 1.54) is 10.9 Å². The second kappa shape index (κ2) is 8.80. The minimum Gasteiger partial charge on any atom is -0.355 e. The van der Waals surface area contributed by atoms with Crippen molar-refractivity contribution in [2.75, 3.05) is 13.1 Å². The van der Waals surface area contributed by atoms with E-state index in [0.29, 0.717) is 6.54 Å². The normalized spacial score (nSPS) is 9.53. The summed E-state index contributed by atoms with van der Waals surface area (Å²) in [4.78, 5) is 10.9. The highest BCUT2D eigenvalue weighted by Crippen LogP contribution is 2.14. The first-order valence-electron chi connectivity index (χ1n) is 5.82. The number of nitrogens with zero attached hydrogens (tertiary/aromatic N) is 1. The molecule has 1 aromatic heterocycles. The zero-order valence-corrected chi connectivity index (χ0v) is 12.2. The standard InChI is InChI=1S/C13H17N3O.2ClH/c14-10-13(17)15-7-3-8-16-9-6-11-4-1-2-5-12(11)16;;/h1-2,4-6,9H,3,7-8,10,14H2,(H,15,17);2*1H. The van der Waals surface area contributed by atoms with Crippen LogP contribution in [-0.2, 0) is 11.3 Å². The highest BCUT2D eigenvalue weighted by molar-refractivity contribution is 5.85. The van der Waals surface area contributed by atoms with Gasteiger partial charge in [0.1, 0.15) is 0 Å². The third-order valence-electron chi connectivity index (χ3n) is 2.76. The van der Waals surface area contributed by atoms with Gasteiger partial charge < -0.3 is 15.6 Å². The van der Waals surface area contributed by atoms with E-state index in [4.69, 9.17) is 5.73 Å². The Morgan fingerprint density at radius 3 is 2.68 bits per heavy atom. The fraction of sp³-hybridized carbons (Fsp3) is 0.308. The number of nitrogens with one attached hydrogen (secondary N) is 1. The van der Waals surface area contributed by atoms with Gasteiger partial charge in [0.15, 0.2) is 0 Å². The van der Waals surface area contributed by atoms with Crippen molar-refractivity contribution in [1.82, 2.24) is 9.88 Å². The topological polar surface area (TPSA) is 60.1 Å². The number of aromatic nitrogens is 1. The van der Waals surface area contributed by atoms with Crippen molar-refractivity contribution in [3.8, 4) is 0 Å². The maximum absolute atomic E-state index is 10.9.